The van der Waals surface area contributed by atoms with Gasteiger partial charge in [-0.1, -0.05) is 33.1 Å². The maximum absolute atomic E-state index is 11.7. The van der Waals surface area contributed by atoms with Crippen molar-refractivity contribution in [3.63, 3.8) is 0 Å². The van der Waals surface area contributed by atoms with Crippen LogP contribution in [-0.4, -0.2) is 29.7 Å². The van der Waals surface area contributed by atoms with Gasteiger partial charge in [-0.3, -0.25) is 4.79 Å². The molecule has 1 unspecified atom stereocenters. The molecule has 0 bridgehead atoms. The lowest BCUT2D eigenvalue weighted by Crippen LogP contribution is -2.48. The summed E-state index contributed by atoms with van der Waals surface area (Å²) < 4.78 is 0. The molecule has 0 aromatic carbocycles. The monoisotopic (exact) mass is 268 g/mol. The molecular weight excluding hydrogens is 244 g/mol. The molecule has 3 N–H and O–H groups in total. The molecule has 5 nitrogen and oxygen atoms in total. The molecule has 0 rings (SSSR count). The minimum absolute atomic E-state index is 0.102. The van der Waals surface area contributed by atoms with Gasteiger partial charge in [0.1, 0.15) is 0 Å². The van der Waals surface area contributed by atoms with E-state index in [1.165, 1.54) is 0 Å². The Morgan fingerprint density at radius 2 is 1.89 bits per heavy atom. The summed E-state index contributed by atoms with van der Waals surface area (Å²) in [4.78, 5) is 23.0. The molecule has 0 fully saturated rings. The number of carboxylic acids is 1. The van der Waals surface area contributed by atoms with Gasteiger partial charge in [-0.2, -0.15) is 0 Å². The van der Waals surface area contributed by atoms with E-state index in [1.54, 1.807) is 13.8 Å². The van der Waals surface area contributed by atoms with Crippen molar-refractivity contribution in [1.82, 2.24) is 10.6 Å². The van der Waals surface area contributed by atoms with Crippen LogP contribution in [0.4, 0.5) is 4.79 Å². The first-order valence-electron chi connectivity index (χ1n) is 6.69. The van der Waals surface area contributed by atoms with Gasteiger partial charge in [0, 0.05) is 6.54 Å². The van der Waals surface area contributed by atoms with Crippen molar-refractivity contribution in [1.29, 1.82) is 0 Å². The Labute approximate surface area is 115 Å². The number of urea groups is 1. The number of terminal acetylenes is 1. The van der Waals surface area contributed by atoms with E-state index in [4.69, 9.17) is 6.42 Å². The molecule has 2 amide bonds. The second kappa shape index (κ2) is 8.41. The summed E-state index contributed by atoms with van der Waals surface area (Å²) in [5.41, 5.74) is -0.909. The Balaban J connectivity index is 4.42. The molecule has 0 radical (unpaired) electrons. The fraction of sp³-hybridized carbons (Fsp3) is 0.714. The van der Waals surface area contributed by atoms with Crippen molar-refractivity contribution in [2.75, 3.05) is 6.54 Å². The van der Waals surface area contributed by atoms with Crippen LogP contribution in [0.5, 0.6) is 0 Å². The third kappa shape index (κ3) is 5.21. The highest BCUT2D eigenvalue weighted by atomic mass is 16.4. The van der Waals surface area contributed by atoms with E-state index < -0.39 is 17.4 Å². The summed E-state index contributed by atoms with van der Waals surface area (Å²) in [5, 5.41) is 14.5. The van der Waals surface area contributed by atoms with E-state index in [0.717, 1.165) is 6.42 Å². The molecule has 0 aliphatic rings. The van der Waals surface area contributed by atoms with Gasteiger partial charge in [-0.05, 0) is 19.3 Å². The number of carbonyl (C=O) groups excluding carboxylic acids is 1. The molecule has 108 valence electrons. The minimum atomic E-state index is -0.909. The summed E-state index contributed by atoms with van der Waals surface area (Å²) in [6, 6.07) is -0.726. The Bertz CT molecular complexity index is 343. The number of carboxylic acid groups (broad SMARTS) is 1. The molecule has 0 spiro atoms. The van der Waals surface area contributed by atoms with E-state index >= 15 is 0 Å². The fourth-order valence-electron chi connectivity index (χ4n) is 1.82. The second-order valence-electron chi connectivity index (χ2n) is 4.63. The van der Waals surface area contributed by atoms with Crippen LogP contribution in [0.3, 0.4) is 0 Å². The molecular formula is C14H24N2O3. The average molecular weight is 268 g/mol. The van der Waals surface area contributed by atoms with Gasteiger partial charge in [0.2, 0.25) is 0 Å². The molecule has 0 saturated heterocycles. The molecule has 0 aromatic heterocycles. The van der Waals surface area contributed by atoms with Gasteiger partial charge in [-0.25, -0.2) is 4.79 Å². The van der Waals surface area contributed by atoms with Crippen LogP contribution in [0.25, 0.3) is 0 Å². The molecule has 0 aliphatic carbocycles. The third-order valence-corrected chi connectivity index (χ3v) is 3.48. The Morgan fingerprint density at radius 3 is 2.26 bits per heavy atom. The number of amides is 2. The van der Waals surface area contributed by atoms with Gasteiger partial charge < -0.3 is 15.7 Å². The van der Waals surface area contributed by atoms with E-state index in [1.807, 2.05) is 6.92 Å². The maximum Gasteiger partial charge on any atom is 0.315 e. The number of aliphatic carboxylic acids is 1. The van der Waals surface area contributed by atoms with Crippen LogP contribution in [-0.2, 0) is 4.79 Å². The summed E-state index contributed by atoms with van der Waals surface area (Å²) in [7, 11) is 0. The zero-order valence-corrected chi connectivity index (χ0v) is 12.0. The largest absolute Gasteiger partial charge is 0.481 e. The Hall–Kier alpha value is -1.70. The molecule has 0 heterocycles. The van der Waals surface area contributed by atoms with Gasteiger partial charge in [0.05, 0.1) is 11.5 Å². The molecule has 19 heavy (non-hydrogen) atoms. The number of carbonyl (C=O) groups is 2. The Kier molecular flexibility index (Phi) is 7.66. The van der Waals surface area contributed by atoms with Crippen LogP contribution in [0.2, 0.25) is 0 Å². The summed E-state index contributed by atoms with van der Waals surface area (Å²) in [6.45, 7) is 5.69. The van der Waals surface area contributed by atoms with Crippen molar-refractivity contribution in [2.45, 2.75) is 52.5 Å². The highest BCUT2D eigenvalue weighted by Gasteiger charge is 2.35. The standard InChI is InChI=1S/C14H24N2O3/c1-5-9-11(6-2)16-13(19)15-10-14(7-3,8-4)12(17)18/h2,11H,5,7-10H2,1,3-4H3,(H,17,18)(H2,15,16,19). The first kappa shape index (κ1) is 17.3. The van der Waals surface area contributed by atoms with Gasteiger partial charge in [0.15, 0.2) is 0 Å². The molecule has 0 saturated carbocycles. The zero-order chi connectivity index (χ0) is 14.9. The molecule has 0 aliphatic heterocycles. The second-order valence-corrected chi connectivity index (χ2v) is 4.63. The van der Waals surface area contributed by atoms with Crippen LogP contribution in [0.15, 0.2) is 0 Å². The van der Waals surface area contributed by atoms with Crippen LogP contribution < -0.4 is 10.6 Å². The van der Waals surface area contributed by atoms with Crippen LogP contribution in [0, 0.1) is 17.8 Å². The first-order chi connectivity index (χ1) is 8.95. The number of hydrogen-bond donors (Lipinski definition) is 3. The van der Waals surface area contributed by atoms with Gasteiger partial charge >= 0.3 is 12.0 Å². The van der Waals surface area contributed by atoms with Crippen molar-refractivity contribution in [2.24, 2.45) is 5.41 Å². The Morgan fingerprint density at radius 1 is 1.32 bits per heavy atom. The fourth-order valence-corrected chi connectivity index (χ4v) is 1.82. The quantitative estimate of drug-likeness (QED) is 0.589. The normalized spacial score (nSPS) is 12.3. The van der Waals surface area contributed by atoms with Crippen molar-refractivity contribution in [3.05, 3.63) is 0 Å². The molecule has 0 aromatic rings. The summed E-state index contributed by atoms with van der Waals surface area (Å²) in [6.07, 6.45) is 7.81. The van der Waals surface area contributed by atoms with E-state index in [2.05, 4.69) is 16.6 Å². The van der Waals surface area contributed by atoms with E-state index in [0.29, 0.717) is 19.3 Å². The molecule has 5 heteroatoms. The van der Waals surface area contributed by atoms with Crippen molar-refractivity contribution in [3.8, 4) is 12.3 Å². The highest BCUT2D eigenvalue weighted by Crippen LogP contribution is 2.25. The zero-order valence-electron chi connectivity index (χ0n) is 12.0. The van der Waals surface area contributed by atoms with Crippen molar-refractivity contribution >= 4 is 12.0 Å². The predicted octanol–water partition coefficient (Wildman–Crippen LogP) is 1.98. The topological polar surface area (TPSA) is 78.4 Å². The molecule has 1 atom stereocenters. The lowest BCUT2D eigenvalue weighted by molar-refractivity contribution is -0.149. The highest BCUT2D eigenvalue weighted by molar-refractivity contribution is 5.78. The number of rotatable bonds is 8. The minimum Gasteiger partial charge on any atom is -0.481 e. The number of nitrogens with one attached hydrogen (secondary N) is 2. The third-order valence-electron chi connectivity index (χ3n) is 3.48. The smallest absolute Gasteiger partial charge is 0.315 e. The van der Waals surface area contributed by atoms with E-state index in [9.17, 15) is 14.7 Å². The van der Waals surface area contributed by atoms with Gasteiger partial charge in [-0.15, -0.1) is 6.42 Å². The predicted molar refractivity (Wildman–Crippen MR) is 74.7 cm³/mol. The van der Waals surface area contributed by atoms with Gasteiger partial charge in [0.25, 0.3) is 0 Å². The SMILES string of the molecule is C#CC(CCC)NC(=O)NCC(CC)(CC)C(=O)O. The maximum atomic E-state index is 11.7. The van der Waals surface area contributed by atoms with Crippen LogP contribution >= 0.6 is 0 Å². The summed E-state index contributed by atoms with van der Waals surface area (Å²) in [5.74, 6) is 1.60. The number of hydrogen-bond acceptors (Lipinski definition) is 2. The van der Waals surface area contributed by atoms with Crippen molar-refractivity contribution < 1.29 is 14.7 Å². The van der Waals surface area contributed by atoms with E-state index in [-0.39, 0.29) is 12.6 Å². The first-order valence-corrected chi connectivity index (χ1v) is 6.69. The average Bonchev–Trinajstić information content (AvgIpc) is 2.39. The van der Waals surface area contributed by atoms with Crippen LogP contribution in [0.1, 0.15) is 46.5 Å². The lowest BCUT2D eigenvalue weighted by atomic mass is 9.82. The summed E-state index contributed by atoms with van der Waals surface area (Å²) >= 11 is 0. The lowest BCUT2D eigenvalue weighted by Gasteiger charge is -2.27.